The molecule has 0 heterocycles. The average molecular weight is 306 g/mol. The third kappa shape index (κ3) is 3.20. The van der Waals surface area contributed by atoms with Crippen molar-refractivity contribution in [2.75, 3.05) is 20.3 Å². The van der Waals surface area contributed by atoms with Gasteiger partial charge in [0.25, 0.3) is 0 Å². The van der Waals surface area contributed by atoms with Crippen LogP contribution in [0.4, 0.5) is 0 Å². The number of hydrogen-bond acceptors (Lipinski definition) is 4. The van der Waals surface area contributed by atoms with Crippen LogP contribution in [0.2, 0.25) is 5.02 Å². The number of aliphatic hydroxyl groups is 1. The van der Waals surface area contributed by atoms with Crippen LogP contribution in [0.5, 0.6) is 5.75 Å². The Hall–Kier alpha value is -0.820. The smallest absolute Gasteiger partial charge is 0.240 e. The van der Waals surface area contributed by atoms with E-state index in [0.717, 1.165) is 12.8 Å². The molecule has 0 bridgehead atoms. The Labute approximate surface area is 117 Å². The van der Waals surface area contributed by atoms with Crippen molar-refractivity contribution in [3.05, 3.63) is 23.2 Å². The second-order valence-electron chi connectivity index (χ2n) is 4.78. The zero-order chi connectivity index (χ0) is 14.1. The molecule has 1 aromatic rings. The van der Waals surface area contributed by atoms with Crippen LogP contribution >= 0.6 is 11.6 Å². The number of benzene rings is 1. The van der Waals surface area contributed by atoms with Crippen LogP contribution in [0.25, 0.3) is 0 Å². The summed E-state index contributed by atoms with van der Waals surface area (Å²) < 4.78 is 31.6. The van der Waals surface area contributed by atoms with Crippen LogP contribution < -0.4 is 9.46 Å². The summed E-state index contributed by atoms with van der Waals surface area (Å²) in [4.78, 5) is 0.0899. The summed E-state index contributed by atoms with van der Waals surface area (Å²) in [5, 5.41) is 9.41. The lowest BCUT2D eigenvalue weighted by atomic mass is 10.1. The number of halogens is 1. The Bertz CT molecular complexity index is 569. The molecule has 0 spiro atoms. The van der Waals surface area contributed by atoms with Crippen LogP contribution in [0.3, 0.4) is 0 Å². The van der Waals surface area contributed by atoms with Crippen LogP contribution in [-0.4, -0.2) is 33.8 Å². The Morgan fingerprint density at radius 1 is 1.47 bits per heavy atom. The minimum atomic E-state index is -3.61. The summed E-state index contributed by atoms with van der Waals surface area (Å²) in [6.07, 6.45) is 1.69. The highest BCUT2D eigenvalue weighted by molar-refractivity contribution is 7.89. The molecule has 1 aromatic carbocycles. The molecule has 19 heavy (non-hydrogen) atoms. The SMILES string of the molecule is COc1ccc(S(=O)(=O)NCC2(CO)CC2)cc1Cl. The van der Waals surface area contributed by atoms with Crippen LogP contribution in [0, 0.1) is 5.41 Å². The van der Waals surface area contributed by atoms with E-state index in [1.54, 1.807) is 0 Å². The van der Waals surface area contributed by atoms with E-state index in [-0.39, 0.29) is 28.5 Å². The van der Waals surface area contributed by atoms with Gasteiger partial charge in [0.1, 0.15) is 5.75 Å². The monoisotopic (exact) mass is 305 g/mol. The molecule has 0 radical (unpaired) electrons. The van der Waals surface area contributed by atoms with Crippen LogP contribution in [0.1, 0.15) is 12.8 Å². The van der Waals surface area contributed by atoms with Gasteiger partial charge < -0.3 is 9.84 Å². The van der Waals surface area contributed by atoms with Gasteiger partial charge in [0, 0.05) is 18.6 Å². The number of hydrogen-bond donors (Lipinski definition) is 2. The van der Waals surface area contributed by atoms with Gasteiger partial charge in [0.2, 0.25) is 10.0 Å². The normalized spacial score (nSPS) is 17.2. The first-order valence-electron chi connectivity index (χ1n) is 5.86. The van der Waals surface area contributed by atoms with E-state index in [1.807, 2.05) is 0 Å². The lowest BCUT2D eigenvalue weighted by Crippen LogP contribution is -2.31. The number of ether oxygens (including phenoxy) is 1. The second kappa shape index (κ2) is 5.28. The summed E-state index contributed by atoms with van der Waals surface area (Å²) in [5.41, 5.74) is -0.274. The van der Waals surface area contributed by atoms with Gasteiger partial charge in [-0.3, -0.25) is 0 Å². The summed E-state index contributed by atoms with van der Waals surface area (Å²) in [7, 11) is -2.15. The molecular formula is C12H16ClNO4S. The van der Waals surface area contributed by atoms with Gasteiger partial charge >= 0.3 is 0 Å². The number of aliphatic hydroxyl groups excluding tert-OH is 1. The van der Waals surface area contributed by atoms with Crippen molar-refractivity contribution in [1.29, 1.82) is 0 Å². The van der Waals surface area contributed by atoms with Crippen molar-refractivity contribution in [2.45, 2.75) is 17.7 Å². The minimum absolute atomic E-state index is 0.00110. The van der Waals surface area contributed by atoms with E-state index in [0.29, 0.717) is 5.75 Å². The van der Waals surface area contributed by atoms with Crippen molar-refractivity contribution in [3.63, 3.8) is 0 Å². The number of rotatable bonds is 6. The van der Waals surface area contributed by atoms with Crippen LogP contribution in [-0.2, 0) is 10.0 Å². The minimum Gasteiger partial charge on any atom is -0.495 e. The molecule has 1 fully saturated rings. The van der Waals surface area contributed by atoms with Gasteiger partial charge in [-0.2, -0.15) is 0 Å². The molecule has 1 saturated carbocycles. The molecule has 1 aliphatic carbocycles. The fourth-order valence-corrected chi connectivity index (χ4v) is 3.22. The summed E-state index contributed by atoms with van der Waals surface area (Å²) in [5.74, 6) is 0.426. The van der Waals surface area contributed by atoms with Crippen molar-refractivity contribution >= 4 is 21.6 Å². The van der Waals surface area contributed by atoms with Crippen molar-refractivity contribution < 1.29 is 18.3 Å². The maximum Gasteiger partial charge on any atom is 0.240 e. The third-order valence-electron chi connectivity index (χ3n) is 3.36. The fraction of sp³-hybridized carbons (Fsp3) is 0.500. The van der Waals surface area contributed by atoms with Gasteiger partial charge in [0.15, 0.2) is 0 Å². The maximum absolute atomic E-state index is 12.1. The quantitative estimate of drug-likeness (QED) is 0.833. The lowest BCUT2D eigenvalue weighted by Gasteiger charge is -2.13. The molecule has 106 valence electrons. The predicted octanol–water partition coefficient (Wildman–Crippen LogP) is 1.40. The first-order chi connectivity index (χ1) is 8.92. The molecule has 0 saturated heterocycles. The summed E-state index contributed by atoms with van der Waals surface area (Å²) in [6.45, 7) is 0.244. The van der Waals surface area contributed by atoms with Gasteiger partial charge in [-0.05, 0) is 31.0 Å². The van der Waals surface area contributed by atoms with Gasteiger partial charge in [-0.1, -0.05) is 11.6 Å². The van der Waals surface area contributed by atoms with E-state index >= 15 is 0 Å². The molecular weight excluding hydrogens is 290 g/mol. The topological polar surface area (TPSA) is 75.6 Å². The maximum atomic E-state index is 12.1. The Balaban J connectivity index is 2.13. The Morgan fingerprint density at radius 3 is 2.63 bits per heavy atom. The highest BCUT2D eigenvalue weighted by Crippen LogP contribution is 2.44. The molecule has 7 heteroatoms. The Morgan fingerprint density at radius 2 is 2.16 bits per heavy atom. The molecule has 0 amide bonds. The zero-order valence-corrected chi connectivity index (χ0v) is 12.1. The van der Waals surface area contributed by atoms with E-state index < -0.39 is 10.0 Å². The highest BCUT2D eigenvalue weighted by Gasteiger charge is 2.42. The molecule has 2 N–H and O–H groups in total. The van der Waals surface area contributed by atoms with Gasteiger partial charge in [-0.25, -0.2) is 13.1 Å². The van der Waals surface area contributed by atoms with Gasteiger partial charge in [0.05, 0.1) is 17.0 Å². The second-order valence-corrected chi connectivity index (χ2v) is 6.95. The van der Waals surface area contributed by atoms with Crippen molar-refractivity contribution in [1.82, 2.24) is 4.72 Å². The van der Waals surface area contributed by atoms with E-state index in [2.05, 4.69) is 4.72 Å². The third-order valence-corrected chi connectivity index (χ3v) is 5.06. The molecule has 0 aromatic heterocycles. The molecule has 1 aliphatic rings. The molecule has 0 aliphatic heterocycles. The standard InChI is InChI=1S/C12H16ClNO4S/c1-18-11-3-2-9(6-10(11)13)19(16,17)14-7-12(8-15)4-5-12/h2-3,6,14-15H,4-5,7-8H2,1H3. The molecule has 0 unspecified atom stereocenters. The van der Waals surface area contributed by atoms with Gasteiger partial charge in [-0.15, -0.1) is 0 Å². The largest absolute Gasteiger partial charge is 0.495 e. The van der Waals surface area contributed by atoms with Crippen molar-refractivity contribution in [2.24, 2.45) is 5.41 Å². The van der Waals surface area contributed by atoms with E-state index in [4.69, 9.17) is 21.4 Å². The number of sulfonamides is 1. The van der Waals surface area contributed by atoms with E-state index in [1.165, 1.54) is 25.3 Å². The lowest BCUT2D eigenvalue weighted by molar-refractivity contribution is 0.213. The number of nitrogens with one attached hydrogen (secondary N) is 1. The van der Waals surface area contributed by atoms with Crippen molar-refractivity contribution in [3.8, 4) is 5.75 Å². The predicted molar refractivity (Wildman–Crippen MR) is 71.9 cm³/mol. The summed E-state index contributed by atoms with van der Waals surface area (Å²) >= 11 is 5.91. The van der Waals surface area contributed by atoms with Crippen LogP contribution in [0.15, 0.2) is 23.1 Å². The van der Waals surface area contributed by atoms with E-state index in [9.17, 15) is 8.42 Å². The first-order valence-corrected chi connectivity index (χ1v) is 7.73. The average Bonchev–Trinajstić information content (AvgIpc) is 3.17. The molecule has 0 atom stereocenters. The Kier molecular flexibility index (Phi) is 4.06. The molecule has 5 nitrogen and oxygen atoms in total. The fourth-order valence-electron chi connectivity index (χ4n) is 1.71. The zero-order valence-electron chi connectivity index (χ0n) is 10.5. The summed E-state index contributed by atoms with van der Waals surface area (Å²) in [6, 6.07) is 4.29. The molecule has 2 rings (SSSR count). The highest BCUT2D eigenvalue weighted by atomic mass is 35.5. The number of methoxy groups -OCH3 is 1. The first kappa shape index (κ1) is 14.6.